The Kier molecular flexibility index (Phi) is 3.25. The molecule has 3 heterocycles. The molecule has 1 fully saturated rings. The summed E-state index contributed by atoms with van der Waals surface area (Å²) in [4.78, 5) is 10.8. The Morgan fingerprint density at radius 2 is 2.05 bits per heavy atom. The fourth-order valence-electron chi connectivity index (χ4n) is 3.24. The molecule has 0 aromatic carbocycles. The van der Waals surface area contributed by atoms with Crippen molar-refractivity contribution in [3.8, 4) is 0 Å². The number of sulfone groups is 1. The van der Waals surface area contributed by atoms with E-state index in [4.69, 9.17) is 4.74 Å². The van der Waals surface area contributed by atoms with Crippen LogP contribution in [0.2, 0.25) is 0 Å². The maximum Gasteiger partial charge on any atom is 0.168 e. The number of ether oxygens (including phenoxy) is 1. The monoisotopic (exact) mass is 311 g/mol. The molecule has 3 rings (SSSR count). The molecule has 2 aliphatic rings. The molecule has 0 bridgehead atoms. The second-order valence-electron chi connectivity index (χ2n) is 6.27. The van der Waals surface area contributed by atoms with Crippen molar-refractivity contribution < 1.29 is 13.2 Å². The summed E-state index contributed by atoms with van der Waals surface area (Å²) in [6, 6.07) is 0.177. The first kappa shape index (κ1) is 14.7. The van der Waals surface area contributed by atoms with Crippen molar-refractivity contribution in [1.29, 1.82) is 0 Å². The number of nitrogens with zero attached hydrogens (tertiary/aromatic N) is 3. The molecule has 21 heavy (non-hydrogen) atoms. The third-order valence-corrected chi connectivity index (χ3v) is 7.44. The summed E-state index contributed by atoms with van der Waals surface area (Å²) >= 11 is 0. The highest BCUT2D eigenvalue weighted by Gasteiger charge is 2.52. The van der Waals surface area contributed by atoms with Gasteiger partial charge in [-0.3, -0.25) is 0 Å². The van der Waals surface area contributed by atoms with E-state index in [1.807, 2.05) is 0 Å². The van der Waals surface area contributed by atoms with Crippen molar-refractivity contribution in [2.75, 3.05) is 24.7 Å². The molecule has 6 nitrogen and oxygen atoms in total. The maximum atomic E-state index is 12.7. The van der Waals surface area contributed by atoms with Crippen LogP contribution < -0.4 is 4.90 Å². The van der Waals surface area contributed by atoms with Gasteiger partial charge in [-0.2, -0.15) is 0 Å². The Balaban J connectivity index is 2.18. The first-order chi connectivity index (χ1) is 9.78. The summed E-state index contributed by atoms with van der Waals surface area (Å²) in [5.41, 5.74) is 1.40. The van der Waals surface area contributed by atoms with Crippen LogP contribution in [0.3, 0.4) is 0 Å². The Morgan fingerprint density at radius 1 is 1.33 bits per heavy atom. The third kappa shape index (κ3) is 1.90. The predicted octanol–water partition coefficient (Wildman–Crippen LogP) is 1.43. The van der Waals surface area contributed by atoms with Gasteiger partial charge in [-0.25, -0.2) is 18.4 Å². The fraction of sp³-hybridized carbons (Fsp3) is 0.714. The molecule has 2 atom stereocenters. The quantitative estimate of drug-likeness (QED) is 0.781. The Labute approximate surface area is 125 Å². The molecule has 2 aliphatic heterocycles. The first-order valence-electron chi connectivity index (χ1n) is 7.21. The lowest BCUT2D eigenvalue weighted by Crippen LogP contribution is -2.44. The standard InChI is InChI=1S/C14H21N3O3S/c1-9-7-20-6-5-17(9)13-11-10(2)21(18,19)14(3,4)12(11)15-8-16-13/h8-10H,5-7H2,1-4H3/t9-,10?/m0/s1. The van der Waals surface area contributed by atoms with Crippen molar-refractivity contribution in [1.82, 2.24) is 9.97 Å². The van der Waals surface area contributed by atoms with Crippen LogP contribution in [0.4, 0.5) is 5.82 Å². The van der Waals surface area contributed by atoms with Gasteiger partial charge in [0, 0.05) is 12.1 Å². The second kappa shape index (κ2) is 4.64. The average molecular weight is 311 g/mol. The van der Waals surface area contributed by atoms with E-state index in [0.29, 0.717) is 18.9 Å². The molecule has 1 unspecified atom stereocenters. The van der Waals surface area contributed by atoms with Gasteiger partial charge in [0.1, 0.15) is 16.9 Å². The number of fused-ring (bicyclic) bond motifs is 1. The van der Waals surface area contributed by atoms with Crippen LogP contribution >= 0.6 is 0 Å². The van der Waals surface area contributed by atoms with E-state index in [2.05, 4.69) is 21.8 Å². The number of morpholine rings is 1. The van der Waals surface area contributed by atoms with Crippen molar-refractivity contribution >= 4 is 15.7 Å². The van der Waals surface area contributed by atoms with Gasteiger partial charge in [0.05, 0.1) is 30.2 Å². The molecule has 1 saturated heterocycles. The Hall–Kier alpha value is -1.21. The van der Waals surface area contributed by atoms with E-state index in [1.54, 1.807) is 20.8 Å². The molecule has 1 aromatic rings. The largest absolute Gasteiger partial charge is 0.377 e. The maximum absolute atomic E-state index is 12.7. The minimum Gasteiger partial charge on any atom is -0.377 e. The zero-order valence-electron chi connectivity index (χ0n) is 12.8. The van der Waals surface area contributed by atoms with Crippen LogP contribution in [0.1, 0.15) is 44.2 Å². The molecule has 0 aliphatic carbocycles. The van der Waals surface area contributed by atoms with E-state index < -0.39 is 19.8 Å². The lowest BCUT2D eigenvalue weighted by Gasteiger charge is -2.35. The molecular weight excluding hydrogens is 290 g/mol. The third-order valence-electron chi connectivity index (χ3n) is 4.66. The van der Waals surface area contributed by atoms with Gasteiger partial charge >= 0.3 is 0 Å². The van der Waals surface area contributed by atoms with Gasteiger partial charge in [0.15, 0.2) is 9.84 Å². The summed E-state index contributed by atoms with van der Waals surface area (Å²) in [5.74, 6) is 0.748. The lowest BCUT2D eigenvalue weighted by atomic mass is 10.0. The van der Waals surface area contributed by atoms with E-state index in [1.165, 1.54) is 6.33 Å². The van der Waals surface area contributed by atoms with Gasteiger partial charge in [0.2, 0.25) is 0 Å². The molecule has 116 valence electrons. The molecule has 0 radical (unpaired) electrons. The Bertz CT molecular complexity index is 672. The number of rotatable bonds is 1. The average Bonchev–Trinajstić information content (AvgIpc) is 2.58. The molecule has 0 saturated carbocycles. The number of anilines is 1. The first-order valence-corrected chi connectivity index (χ1v) is 8.76. The molecular formula is C14H21N3O3S. The number of aromatic nitrogens is 2. The van der Waals surface area contributed by atoms with E-state index in [-0.39, 0.29) is 6.04 Å². The summed E-state index contributed by atoms with van der Waals surface area (Å²) < 4.78 is 29.8. The summed E-state index contributed by atoms with van der Waals surface area (Å²) in [6.45, 7) is 9.23. The predicted molar refractivity (Wildman–Crippen MR) is 80.0 cm³/mol. The van der Waals surface area contributed by atoms with Crippen LogP contribution in [0, 0.1) is 0 Å². The van der Waals surface area contributed by atoms with E-state index in [0.717, 1.165) is 17.9 Å². The van der Waals surface area contributed by atoms with Gasteiger partial charge in [-0.05, 0) is 27.7 Å². The minimum absolute atomic E-state index is 0.177. The number of hydrogen-bond acceptors (Lipinski definition) is 6. The molecule has 0 spiro atoms. The highest BCUT2D eigenvalue weighted by atomic mass is 32.2. The zero-order chi connectivity index (χ0) is 15.4. The van der Waals surface area contributed by atoms with Crippen LogP contribution in [-0.2, 0) is 19.3 Å². The SMILES string of the molecule is CC1c2c(N3CCOC[C@@H]3C)ncnc2C(C)(C)S1(=O)=O. The molecule has 7 heteroatoms. The topological polar surface area (TPSA) is 72.4 Å². The summed E-state index contributed by atoms with van der Waals surface area (Å²) in [5, 5.41) is -0.575. The van der Waals surface area contributed by atoms with Crippen molar-refractivity contribution in [2.24, 2.45) is 0 Å². The van der Waals surface area contributed by atoms with Crippen molar-refractivity contribution in [2.45, 2.75) is 43.7 Å². The highest BCUT2D eigenvalue weighted by molar-refractivity contribution is 7.92. The van der Waals surface area contributed by atoms with Crippen molar-refractivity contribution in [3.05, 3.63) is 17.6 Å². The van der Waals surface area contributed by atoms with Gasteiger partial charge in [0.25, 0.3) is 0 Å². The zero-order valence-corrected chi connectivity index (χ0v) is 13.6. The van der Waals surface area contributed by atoms with Crippen LogP contribution in [0.5, 0.6) is 0 Å². The van der Waals surface area contributed by atoms with Gasteiger partial charge in [-0.15, -0.1) is 0 Å². The highest BCUT2D eigenvalue weighted by Crippen LogP contribution is 2.50. The summed E-state index contributed by atoms with van der Waals surface area (Å²) in [6.07, 6.45) is 1.48. The van der Waals surface area contributed by atoms with Crippen LogP contribution in [-0.4, -0.2) is 44.2 Å². The van der Waals surface area contributed by atoms with Crippen molar-refractivity contribution in [3.63, 3.8) is 0 Å². The second-order valence-corrected chi connectivity index (χ2v) is 9.09. The lowest BCUT2D eigenvalue weighted by molar-refractivity contribution is 0.0984. The van der Waals surface area contributed by atoms with Crippen LogP contribution in [0.15, 0.2) is 6.33 Å². The molecule has 1 aromatic heterocycles. The smallest absolute Gasteiger partial charge is 0.168 e. The Morgan fingerprint density at radius 3 is 2.71 bits per heavy atom. The fourth-order valence-corrected chi connectivity index (χ4v) is 5.09. The van der Waals surface area contributed by atoms with Gasteiger partial charge < -0.3 is 9.64 Å². The van der Waals surface area contributed by atoms with Gasteiger partial charge in [-0.1, -0.05) is 0 Å². The van der Waals surface area contributed by atoms with Crippen LogP contribution in [0.25, 0.3) is 0 Å². The minimum atomic E-state index is -3.30. The van der Waals surface area contributed by atoms with E-state index in [9.17, 15) is 8.42 Å². The number of hydrogen-bond donors (Lipinski definition) is 0. The molecule has 0 amide bonds. The summed E-state index contributed by atoms with van der Waals surface area (Å²) in [7, 11) is -3.30. The van der Waals surface area contributed by atoms with E-state index >= 15 is 0 Å². The normalized spacial score (nSPS) is 30.2. The molecule has 0 N–H and O–H groups in total.